The third-order valence-corrected chi connectivity index (χ3v) is 1.99. The number of carbonyl (C=O) groups is 1. The molecular weight excluding hydrogens is 180 g/mol. The van der Waals surface area contributed by atoms with Gasteiger partial charge >= 0.3 is 0 Å². The van der Waals surface area contributed by atoms with Crippen LogP contribution in [0.5, 0.6) is 5.88 Å². The van der Waals surface area contributed by atoms with Crippen molar-refractivity contribution in [1.82, 2.24) is 4.98 Å². The third-order valence-electron chi connectivity index (χ3n) is 1.99. The molecule has 0 atom stereocenters. The van der Waals surface area contributed by atoms with Crippen molar-refractivity contribution in [3.8, 4) is 5.88 Å². The van der Waals surface area contributed by atoms with Gasteiger partial charge in [-0.1, -0.05) is 13.8 Å². The summed E-state index contributed by atoms with van der Waals surface area (Å²) in [5.74, 6) is 0.173. The van der Waals surface area contributed by atoms with Crippen molar-refractivity contribution in [2.75, 3.05) is 7.11 Å². The quantitative estimate of drug-likeness (QED) is 0.789. The summed E-state index contributed by atoms with van der Waals surface area (Å²) in [5, 5.41) is 0. The van der Waals surface area contributed by atoms with E-state index in [1.165, 1.54) is 13.3 Å². The van der Waals surface area contributed by atoms with Crippen LogP contribution in [0, 0.1) is 0 Å². The Labute approximate surface area is 83.1 Å². The second kappa shape index (κ2) is 4.09. The van der Waals surface area contributed by atoms with Crippen molar-refractivity contribution in [3.63, 3.8) is 0 Å². The molecule has 1 aromatic rings. The summed E-state index contributed by atoms with van der Waals surface area (Å²) >= 11 is 0. The van der Waals surface area contributed by atoms with Gasteiger partial charge in [0, 0.05) is 17.3 Å². The van der Waals surface area contributed by atoms with Crippen LogP contribution in [0.1, 0.15) is 35.7 Å². The highest BCUT2D eigenvalue weighted by atomic mass is 16.5. The predicted octanol–water partition coefficient (Wildman–Crippen LogP) is 1.31. The molecule has 1 rings (SSSR count). The van der Waals surface area contributed by atoms with E-state index >= 15 is 0 Å². The summed E-state index contributed by atoms with van der Waals surface area (Å²) in [6.45, 7) is 3.93. The van der Waals surface area contributed by atoms with Crippen LogP contribution in [0.15, 0.2) is 12.3 Å². The molecule has 0 aliphatic rings. The van der Waals surface area contributed by atoms with E-state index in [1.54, 1.807) is 6.07 Å². The fourth-order valence-corrected chi connectivity index (χ4v) is 1.39. The van der Waals surface area contributed by atoms with Crippen LogP contribution >= 0.6 is 0 Å². The van der Waals surface area contributed by atoms with E-state index < -0.39 is 5.91 Å². The van der Waals surface area contributed by atoms with E-state index in [2.05, 4.69) is 4.98 Å². The molecule has 0 unspecified atom stereocenters. The molecule has 4 heteroatoms. The lowest BCUT2D eigenvalue weighted by molar-refractivity contribution is 0.0998. The third kappa shape index (κ3) is 1.84. The van der Waals surface area contributed by atoms with Gasteiger partial charge in [-0.3, -0.25) is 4.79 Å². The minimum absolute atomic E-state index is 0.154. The zero-order valence-corrected chi connectivity index (χ0v) is 8.57. The van der Waals surface area contributed by atoms with Gasteiger partial charge in [0.05, 0.1) is 7.11 Å². The van der Waals surface area contributed by atoms with Crippen molar-refractivity contribution in [2.24, 2.45) is 5.73 Å². The van der Waals surface area contributed by atoms with Gasteiger partial charge in [0.15, 0.2) is 0 Å². The van der Waals surface area contributed by atoms with E-state index in [-0.39, 0.29) is 5.92 Å². The first-order valence-corrected chi connectivity index (χ1v) is 4.40. The number of hydrogen-bond acceptors (Lipinski definition) is 3. The lowest BCUT2D eigenvalue weighted by atomic mass is 9.98. The maximum Gasteiger partial charge on any atom is 0.249 e. The SMILES string of the molecule is COc1nccc(C(N)=O)c1C(C)C. The highest BCUT2D eigenvalue weighted by Gasteiger charge is 2.16. The molecule has 1 heterocycles. The fraction of sp³-hybridized carbons (Fsp3) is 0.400. The lowest BCUT2D eigenvalue weighted by Gasteiger charge is -2.13. The Kier molecular flexibility index (Phi) is 3.06. The molecule has 1 amide bonds. The second-order valence-corrected chi connectivity index (χ2v) is 3.30. The molecule has 0 bridgehead atoms. The van der Waals surface area contributed by atoms with Crippen molar-refractivity contribution < 1.29 is 9.53 Å². The molecule has 0 saturated heterocycles. The Morgan fingerprint density at radius 2 is 2.21 bits per heavy atom. The van der Waals surface area contributed by atoms with Gasteiger partial charge in [0.25, 0.3) is 0 Å². The van der Waals surface area contributed by atoms with Crippen molar-refractivity contribution >= 4 is 5.91 Å². The highest BCUT2D eigenvalue weighted by Crippen LogP contribution is 2.27. The van der Waals surface area contributed by atoms with Crippen LogP contribution in [-0.2, 0) is 0 Å². The molecule has 0 aromatic carbocycles. The molecule has 0 saturated carbocycles. The molecule has 0 aliphatic heterocycles. The highest BCUT2D eigenvalue weighted by molar-refractivity contribution is 5.94. The predicted molar refractivity (Wildman–Crippen MR) is 53.4 cm³/mol. The standard InChI is InChI=1S/C10H14N2O2/c1-6(2)8-7(9(11)13)4-5-12-10(8)14-3/h4-6H,1-3H3,(H2,11,13). The van der Waals surface area contributed by atoms with Crippen LogP contribution in [0.4, 0.5) is 0 Å². The number of rotatable bonds is 3. The minimum atomic E-state index is -0.450. The van der Waals surface area contributed by atoms with Crippen LogP contribution in [0.3, 0.4) is 0 Å². The Morgan fingerprint density at radius 1 is 1.57 bits per heavy atom. The number of methoxy groups -OCH3 is 1. The summed E-state index contributed by atoms with van der Waals surface area (Å²) < 4.78 is 5.08. The van der Waals surface area contributed by atoms with Crippen molar-refractivity contribution in [2.45, 2.75) is 19.8 Å². The molecule has 0 spiro atoms. The normalized spacial score (nSPS) is 10.3. The van der Waals surface area contributed by atoms with Crippen LogP contribution in [-0.4, -0.2) is 18.0 Å². The molecule has 0 radical (unpaired) electrons. The minimum Gasteiger partial charge on any atom is -0.481 e. The summed E-state index contributed by atoms with van der Waals surface area (Å²) in [7, 11) is 1.53. The second-order valence-electron chi connectivity index (χ2n) is 3.30. The van der Waals surface area contributed by atoms with Crippen molar-refractivity contribution in [1.29, 1.82) is 0 Å². The molecule has 76 valence electrons. The van der Waals surface area contributed by atoms with Gasteiger partial charge in [0.2, 0.25) is 11.8 Å². The molecule has 1 aromatic heterocycles. The van der Waals surface area contributed by atoms with Gasteiger partial charge in [-0.15, -0.1) is 0 Å². The number of carbonyl (C=O) groups excluding carboxylic acids is 1. The Morgan fingerprint density at radius 3 is 2.64 bits per heavy atom. The zero-order valence-electron chi connectivity index (χ0n) is 8.57. The number of ether oxygens (including phenoxy) is 1. The molecule has 4 nitrogen and oxygen atoms in total. The molecule has 0 aliphatic carbocycles. The van der Waals surface area contributed by atoms with Gasteiger partial charge in [-0.2, -0.15) is 0 Å². The van der Waals surface area contributed by atoms with Gasteiger partial charge < -0.3 is 10.5 Å². The first-order valence-electron chi connectivity index (χ1n) is 4.40. The first-order chi connectivity index (χ1) is 6.57. The molecule has 0 fully saturated rings. The van der Waals surface area contributed by atoms with Gasteiger partial charge in [0.1, 0.15) is 0 Å². The van der Waals surface area contributed by atoms with Crippen LogP contribution in [0.2, 0.25) is 0 Å². The van der Waals surface area contributed by atoms with E-state index in [0.717, 1.165) is 5.56 Å². The van der Waals surface area contributed by atoms with E-state index in [4.69, 9.17) is 10.5 Å². The maximum absolute atomic E-state index is 11.1. The largest absolute Gasteiger partial charge is 0.481 e. The van der Waals surface area contributed by atoms with Gasteiger partial charge in [-0.05, 0) is 12.0 Å². The Balaban J connectivity index is 3.35. The monoisotopic (exact) mass is 194 g/mol. The number of nitrogens with zero attached hydrogens (tertiary/aromatic N) is 1. The number of pyridine rings is 1. The van der Waals surface area contributed by atoms with Crippen LogP contribution < -0.4 is 10.5 Å². The summed E-state index contributed by atoms with van der Waals surface area (Å²) in [6.07, 6.45) is 1.52. The first kappa shape index (κ1) is 10.5. The van der Waals surface area contributed by atoms with E-state index in [0.29, 0.717) is 11.4 Å². The Hall–Kier alpha value is -1.58. The number of amides is 1. The molecular formula is C10H14N2O2. The van der Waals surface area contributed by atoms with Crippen molar-refractivity contribution in [3.05, 3.63) is 23.4 Å². The molecule has 14 heavy (non-hydrogen) atoms. The topological polar surface area (TPSA) is 65.2 Å². The smallest absolute Gasteiger partial charge is 0.249 e. The maximum atomic E-state index is 11.1. The number of primary amides is 1. The van der Waals surface area contributed by atoms with E-state index in [1.807, 2.05) is 13.8 Å². The van der Waals surface area contributed by atoms with Crippen LogP contribution in [0.25, 0.3) is 0 Å². The molecule has 2 N–H and O–H groups in total. The number of nitrogens with two attached hydrogens (primary N) is 1. The number of aromatic nitrogens is 1. The fourth-order valence-electron chi connectivity index (χ4n) is 1.39. The lowest BCUT2D eigenvalue weighted by Crippen LogP contribution is -2.15. The zero-order chi connectivity index (χ0) is 10.7. The number of hydrogen-bond donors (Lipinski definition) is 1. The Bertz CT molecular complexity index is 348. The summed E-state index contributed by atoms with van der Waals surface area (Å²) in [5.41, 5.74) is 6.50. The summed E-state index contributed by atoms with van der Waals surface area (Å²) in [6, 6.07) is 1.61. The van der Waals surface area contributed by atoms with E-state index in [9.17, 15) is 4.79 Å². The van der Waals surface area contributed by atoms with Gasteiger partial charge in [-0.25, -0.2) is 4.98 Å². The average Bonchev–Trinajstić information content (AvgIpc) is 2.16. The average molecular weight is 194 g/mol. The summed E-state index contributed by atoms with van der Waals surface area (Å²) in [4.78, 5) is 15.2.